The second-order valence-electron chi connectivity index (χ2n) is 8.02. The zero-order chi connectivity index (χ0) is 22.8. The number of hydrogen-bond acceptors (Lipinski definition) is 5. The van der Waals surface area contributed by atoms with Crippen molar-refractivity contribution in [2.75, 3.05) is 0 Å². The van der Waals surface area contributed by atoms with Crippen LogP contribution in [0.2, 0.25) is 0 Å². The number of ether oxygens (including phenoxy) is 2. The molecule has 0 saturated heterocycles. The van der Waals surface area contributed by atoms with Gasteiger partial charge >= 0.3 is 0 Å². The molecule has 2 atom stereocenters. The molecule has 1 aromatic heterocycles. The van der Waals surface area contributed by atoms with Crippen LogP contribution < -0.4 is 9.47 Å². The molecule has 162 valence electrons. The summed E-state index contributed by atoms with van der Waals surface area (Å²) in [5.74, 6) is -0.253. The van der Waals surface area contributed by atoms with E-state index in [1.807, 2.05) is 66.7 Å². The number of nitrogens with one attached hydrogen (secondary N) is 2. The van der Waals surface area contributed by atoms with Crippen molar-refractivity contribution in [1.82, 2.24) is 10.2 Å². The summed E-state index contributed by atoms with van der Waals surface area (Å²) in [4.78, 5) is 0. The zero-order valence-corrected chi connectivity index (χ0v) is 18.1. The fraction of sp³-hybridized carbons (Fsp3) is 0.148. The van der Waals surface area contributed by atoms with Crippen LogP contribution in [-0.4, -0.2) is 16.1 Å². The van der Waals surface area contributed by atoms with Crippen molar-refractivity contribution < 1.29 is 9.47 Å². The minimum absolute atomic E-state index is 0.104. The molecular weight excluding hydrogens is 412 g/mol. The van der Waals surface area contributed by atoms with Crippen LogP contribution in [0.1, 0.15) is 28.2 Å². The van der Waals surface area contributed by atoms with Crippen molar-refractivity contribution in [1.29, 1.82) is 10.7 Å². The molecule has 3 aromatic carbocycles. The zero-order valence-electron chi connectivity index (χ0n) is 18.1. The topological polar surface area (TPSA) is 94.8 Å². The lowest BCUT2D eigenvalue weighted by molar-refractivity contribution is 0.305. The summed E-state index contributed by atoms with van der Waals surface area (Å²) < 4.78 is 11.7. The number of rotatable bonds is 5. The van der Waals surface area contributed by atoms with E-state index >= 15 is 0 Å². The third kappa shape index (κ3) is 3.85. The van der Waals surface area contributed by atoms with Crippen molar-refractivity contribution in [3.8, 4) is 29.0 Å². The number of aromatic nitrogens is 2. The van der Waals surface area contributed by atoms with Gasteiger partial charge in [0.25, 0.3) is 0 Å². The maximum atomic E-state index is 9.94. The molecule has 0 spiro atoms. The van der Waals surface area contributed by atoms with Gasteiger partial charge in [0.15, 0.2) is 0 Å². The highest BCUT2D eigenvalue weighted by Crippen LogP contribution is 2.46. The van der Waals surface area contributed by atoms with E-state index in [9.17, 15) is 5.26 Å². The second kappa shape index (κ2) is 8.64. The van der Waals surface area contributed by atoms with Crippen LogP contribution >= 0.6 is 0 Å². The first-order valence-electron chi connectivity index (χ1n) is 10.7. The van der Waals surface area contributed by atoms with Crippen molar-refractivity contribution in [3.63, 3.8) is 0 Å². The third-order valence-corrected chi connectivity index (χ3v) is 5.98. The lowest BCUT2D eigenvalue weighted by Crippen LogP contribution is -2.30. The lowest BCUT2D eigenvalue weighted by atomic mass is 9.79. The molecule has 1 aliphatic rings. The fourth-order valence-corrected chi connectivity index (χ4v) is 4.23. The first-order chi connectivity index (χ1) is 16.2. The Balaban J connectivity index is 1.54. The number of aryl methyl sites for hydroxylation is 1. The van der Waals surface area contributed by atoms with Crippen LogP contribution in [0.15, 0.2) is 78.9 Å². The van der Waals surface area contributed by atoms with Crippen LogP contribution in [0.3, 0.4) is 0 Å². The summed E-state index contributed by atoms with van der Waals surface area (Å²) in [7, 11) is 0. The molecule has 0 bridgehead atoms. The summed E-state index contributed by atoms with van der Waals surface area (Å²) in [5.41, 5.74) is 5.67. The quantitative estimate of drug-likeness (QED) is 0.427. The molecule has 4 aromatic rings. The molecule has 0 saturated carbocycles. The van der Waals surface area contributed by atoms with Crippen molar-refractivity contribution in [3.05, 3.63) is 101 Å². The van der Waals surface area contributed by atoms with Gasteiger partial charge in [-0.15, -0.1) is 5.10 Å². The molecule has 33 heavy (non-hydrogen) atoms. The van der Waals surface area contributed by atoms with Crippen LogP contribution in [0.4, 0.5) is 0 Å². The van der Waals surface area contributed by atoms with Gasteiger partial charge in [-0.2, -0.15) is 5.26 Å². The second-order valence-corrected chi connectivity index (χ2v) is 8.02. The monoisotopic (exact) mass is 434 g/mol. The highest BCUT2D eigenvalue weighted by Gasteiger charge is 2.40. The van der Waals surface area contributed by atoms with E-state index in [-0.39, 0.29) is 5.90 Å². The summed E-state index contributed by atoms with van der Waals surface area (Å²) in [6, 6.07) is 27.9. The molecule has 2 unspecified atom stereocenters. The molecule has 2 N–H and O–H groups in total. The highest BCUT2D eigenvalue weighted by atomic mass is 16.5. The third-order valence-electron chi connectivity index (χ3n) is 5.98. The van der Waals surface area contributed by atoms with Gasteiger partial charge in [-0.25, -0.2) is 0 Å². The van der Waals surface area contributed by atoms with Gasteiger partial charge in [0.05, 0.1) is 17.3 Å². The molecule has 2 heterocycles. The van der Waals surface area contributed by atoms with Crippen molar-refractivity contribution in [2.45, 2.75) is 19.4 Å². The average Bonchev–Trinajstić information content (AvgIpc) is 3.26. The first kappa shape index (κ1) is 20.5. The largest absolute Gasteiger partial charge is 0.489 e. The fourth-order valence-electron chi connectivity index (χ4n) is 4.23. The Labute approximate surface area is 191 Å². The van der Waals surface area contributed by atoms with Crippen LogP contribution in [0.25, 0.3) is 11.3 Å². The number of benzene rings is 3. The van der Waals surface area contributed by atoms with E-state index in [2.05, 4.69) is 35.3 Å². The smallest absolute Gasteiger partial charge is 0.244 e. The first-order valence-corrected chi connectivity index (χ1v) is 10.7. The minimum atomic E-state index is -0.774. The van der Waals surface area contributed by atoms with Gasteiger partial charge in [-0.1, -0.05) is 66.7 Å². The molecule has 0 amide bonds. The molecular formula is C27H22N4O2. The van der Waals surface area contributed by atoms with Gasteiger partial charge in [-0.05, 0) is 41.3 Å². The van der Waals surface area contributed by atoms with Gasteiger partial charge < -0.3 is 9.47 Å². The Bertz CT molecular complexity index is 1350. The summed E-state index contributed by atoms with van der Waals surface area (Å²) >= 11 is 0. The minimum Gasteiger partial charge on any atom is -0.489 e. The Morgan fingerprint density at radius 2 is 1.85 bits per heavy atom. The Morgan fingerprint density at radius 1 is 1.06 bits per heavy atom. The highest BCUT2D eigenvalue weighted by molar-refractivity contribution is 5.86. The van der Waals surface area contributed by atoms with Crippen molar-refractivity contribution in [2.24, 2.45) is 5.92 Å². The maximum Gasteiger partial charge on any atom is 0.244 e. The van der Waals surface area contributed by atoms with Gasteiger partial charge in [0, 0.05) is 5.92 Å². The molecule has 0 aliphatic carbocycles. The number of H-pyrrole nitrogens is 1. The summed E-state index contributed by atoms with van der Waals surface area (Å²) in [5, 5.41) is 25.6. The molecule has 0 radical (unpaired) electrons. The Morgan fingerprint density at radius 3 is 2.64 bits per heavy atom. The van der Waals surface area contributed by atoms with Crippen LogP contribution in [0.5, 0.6) is 11.6 Å². The van der Waals surface area contributed by atoms with E-state index in [1.54, 1.807) is 0 Å². The van der Waals surface area contributed by atoms with Gasteiger partial charge in [-0.3, -0.25) is 10.5 Å². The Hall–Kier alpha value is -4.37. The van der Waals surface area contributed by atoms with Gasteiger partial charge in [0.2, 0.25) is 11.8 Å². The number of hydrogen-bond donors (Lipinski definition) is 2. The van der Waals surface area contributed by atoms with Crippen LogP contribution in [0, 0.1) is 29.6 Å². The maximum absolute atomic E-state index is 9.94. The van der Waals surface area contributed by atoms with Crippen molar-refractivity contribution >= 4 is 5.90 Å². The lowest BCUT2D eigenvalue weighted by Gasteiger charge is -2.28. The normalized spacial score (nSPS) is 17.0. The molecule has 6 nitrogen and oxygen atoms in total. The molecule has 6 heteroatoms. The summed E-state index contributed by atoms with van der Waals surface area (Å²) in [6.07, 6.45) is 0. The predicted octanol–water partition coefficient (Wildman–Crippen LogP) is 5.61. The number of nitrogens with zero attached hydrogens (tertiary/aromatic N) is 2. The molecule has 1 aliphatic heterocycles. The standard InChI is InChI=1S/C27H22N4O2/c1-17-8-5-6-11-20(17)16-32-21-13-7-12-19(14-21)23-22(15-28)26(29)33-27-24(23)25(30-31-27)18-9-3-2-4-10-18/h2-14,22-23,29H,16H2,1H3,(H,30,31). The van der Waals surface area contributed by atoms with Gasteiger partial charge in [0.1, 0.15) is 18.3 Å². The van der Waals surface area contributed by atoms with E-state index in [1.165, 1.54) is 5.56 Å². The van der Waals surface area contributed by atoms with Crippen LogP contribution in [-0.2, 0) is 6.61 Å². The SMILES string of the molecule is Cc1ccccc1COc1cccc(C2c3c(n[nH]c3-c3ccccc3)OC(=N)C2C#N)c1. The molecule has 5 rings (SSSR count). The van der Waals surface area contributed by atoms with E-state index in [0.29, 0.717) is 18.2 Å². The average molecular weight is 434 g/mol. The van der Waals surface area contributed by atoms with E-state index < -0.39 is 11.8 Å². The van der Waals surface area contributed by atoms with E-state index in [0.717, 1.165) is 27.9 Å². The number of aromatic amines is 1. The summed E-state index contributed by atoms with van der Waals surface area (Å²) in [6.45, 7) is 2.51. The van der Waals surface area contributed by atoms with E-state index in [4.69, 9.17) is 14.9 Å². The number of fused-ring (bicyclic) bond motifs is 1. The molecule has 0 fully saturated rings. The predicted molar refractivity (Wildman–Crippen MR) is 125 cm³/mol. The number of nitriles is 1. The Kier molecular flexibility index (Phi) is 5.37.